The lowest BCUT2D eigenvalue weighted by atomic mass is 9.92. The van der Waals surface area contributed by atoms with E-state index < -0.39 is 5.60 Å². The second-order valence-electron chi connectivity index (χ2n) is 9.04. The number of nitrogens with one attached hydrogen (secondary N) is 1. The Balaban J connectivity index is 1.45. The van der Waals surface area contributed by atoms with Crippen molar-refractivity contribution in [3.05, 3.63) is 41.1 Å². The molecule has 2 atom stereocenters. The molecule has 2 aromatic heterocycles. The number of hydrogen-bond acceptors (Lipinski definition) is 7. The van der Waals surface area contributed by atoms with Crippen LogP contribution < -0.4 is 5.32 Å². The summed E-state index contributed by atoms with van der Waals surface area (Å²) in [4.78, 5) is 20.8. The van der Waals surface area contributed by atoms with Gasteiger partial charge in [0.15, 0.2) is 5.76 Å². The number of anilines is 1. The SMILES string of the molecule is CC(C)(C)OC(=O)CO[C@@H]1CCC[C@H](Nc2ncnc3oc(-c4ccccc4)c(Br)c23)C1. The molecular weight excluding hydrogens is 474 g/mol. The fraction of sp³-hybridized carbons (Fsp3) is 0.458. The minimum absolute atomic E-state index is 0.00114. The Morgan fingerprint density at radius 3 is 2.75 bits per heavy atom. The second kappa shape index (κ2) is 9.58. The zero-order valence-corrected chi connectivity index (χ0v) is 20.1. The molecule has 1 saturated carbocycles. The lowest BCUT2D eigenvalue weighted by molar-refractivity contribution is -0.162. The number of fused-ring (bicyclic) bond motifs is 1. The van der Waals surface area contributed by atoms with Crippen molar-refractivity contribution >= 4 is 38.8 Å². The van der Waals surface area contributed by atoms with Crippen LogP contribution in [0.15, 0.2) is 45.5 Å². The molecule has 32 heavy (non-hydrogen) atoms. The van der Waals surface area contributed by atoms with Gasteiger partial charge in [0.25, 0.3) is 0 Å². The van der Waals surface area contributed by atoms with E-state index in [1.165, 1.54) is 6.33 Å². The molecule has 0 amide bonds. The maximum Gasteiger partial charge on any atom is 0.332 e. The second-order valence-corrected chi connectivity index (χ2v) is 9.83. The van der Waals surface area contributed by atoms with E-state index in [2.05, 4.69) is 31.2 Å². The van der Waals surface area contributed by atoms with Crippen molar-refractivity contribution in [2.45, 2.75) is 64.2 Å². The number of nitrogens with zero attached hydrogens (tertiary/aromatic N) is 2. The van der Waals surface area contributed by atoms with Crippen molar-refractivity contribution in [1.82, 2.24) is 9.97 Å². The summed E-state index contributed by atoms with van der Waals surface area (Å²) < 4.78 is 18.1. The Kier molecular flexibility index (Phi) is 6.81. The number of hydrogen-bond donors (Lipinski definition) is 1. The molecule has 0 radical (unpaired) electrons. The van der Waals surface area contributed by atoms with Crippen LogP contribution in [0.25, 0.3) is 22.4 Å². The Morgan fingerprint density at radius 1 is 1.22 bits per heavy atom. The van der Waals surface area contributed by atoms with Gasteiger partial charge in [0.2, 0.25) is 5.71 Å². The molecular formula is C24H28BrN3O4. The van der Waals surface area contributed by atoms with Gasteiger partial charge >= 0.3 is 5.97 Å². The van der Waals surface area contributed by atoms with Gasteiger partial charge in [0.05, 0.1) is 16.0 Å². The molecule has 1 fully saturated rings. The summed E-state index contributed by atoms with van der Waals surface area (Å²) in [5.74, 6) is 1.12. The van der Waals surface area contributed by atoms with Crippen LogP contribution >= 0.6 is 15.9 Å². The molecule has 0 bridgehead atoms. The predicted octanol–water partition coefficient (Wildman–Crippen LogP) is 5.73. The summed E-state index contributed by atoms with van der Waals surface area (Å²) in [6, 6.07) is 10.1. The van der Waals surface area contributed by atoms with Gasteiger partial charge in [-0.05, 0) is 62.4 Å². The minimum Gasteiger partial charge on any atom is -0.458 e. The Hall–Kier alpha value is -2.45. The number of aromatic nitrogens is 2. The van der Waals surface area contributed by atoms with E-state index in [9.17, 15) is 4.79 Å². The summed E-state index contributed by atoms with van der Waals surface area (Å²) in [6.07, 6.45) is 5.22. The average Bonchev–Trinajstić information content (AvgIpc) is 3.10. The summed E-state index contributed by atoms with van der Waals surface area (Å²) in [5.41, 5.74) is 0.991. The molecule has 0 saturated heterocycles. The van der Waals surface area contributed by atoms with E-state index in [-0.39, 0.29) is 24.7 Å². The lowest BCUT2D eigenvalue weighted by Crippen LogP contribution is -2.34. The van der Waals surface area contributed by atoms with Gasteiger partial charge < -0.3 is 19.2 Å². The molecule has 0 unspecified atom stereocenters. The normalized spacial score (nSPS) is 19.1. The molecule has 1 aliphatic rings. The zero-order valence-electron chi connectivity index (χ0n) is 18.6. The van der Waals surface area contributed by atoms with Gasteiger partial charge in [0.1, 0.15) is 24.4 Å². The number of carbonyl (C=O) groups is 1. The van der Waals surface area contributed by atoms with Gasteiger partial charge in [-0.2, -0.15) is 0 Å². The first-order valence-electron chi connectivity index (χ1n) is 10.9. The summed E-state index contributed by atoms with van der Waals surface area (Å²) in [5, 5.41) is 4.37. The molecule has 2 heterocycles. The van der Waals surface area contributed by atoms with Gasteiger partial charge in [-0.3, -0.25) is 0 Å². The number of carbonyl (C=O) groups excluding carboxylic acids is 1. The fourth-order valence-electron chi connectivity index (χ4n) is 3.96. The predicted molar refractivity (Wildman–Crippen MR) is 126 cm³/mol. The monoisotopic (exact) mass is 501 g/mol. The van der Waals surface area contributed by atoms with E-state index in [1.807, 2.05) is 51.1 Å². The molecule has 4 rings (SSSR count). The third kappa shape index (κ3) is 5.48. The van der Waals surface area contributed by atoms with Gasteiger partial charge in [-0.25, -0.2) is 14.8 Å². The lowest BCUT2D eigenvalue weighted by Gasteiger charge is -2.30. The van der Waals surface area contributed by atoms with Crippen LogP contribution in [0.5, 0.6) is 0 Å². The van der Waals surface area contributed by atoms with Crippen LogP contribution in [-0.2, 0) is 14.3 Å². The molecule has 170 valence electrons. The highest BCUT2D eigenvalue weighted by Crippen LogP contribution is 2.40. The number of esters is 1. The quantitative estimate of drug-likeness (QED) is 0.431. The molecule has 1 aliphatic carbocycles. The van der Waals surface area contributed by atoms with Crippen molar-refractivity contribution in [1.29, 1.82) is 0 Å². The van der Waals surface area contributed by atoms with Crippen molar-refractivity contribution < 1.29 is 18.7 Å². The third-order valence-electron chi connectivity index (χ3n) is 5.29. The van der Waals surface area contributed by atoms with Crippen molar-refractivity contribution in [3.63, 3.8) is 0 Å². The number of furan rings is 1. The van der Waals surface area contributed by atoms with Crippen molar-refractivity contribution in [2.24, 2.45) is 0 Å². The van der Waals surface area contributed by atoms with Crippen molar-refractivity contribution in [2.75, 3.05) is 11.9 Å². The Labute approximate surface area is 196 Å². The largest absolute Gasteiger partial charge is 0.458 e. The van der Waals surface area contributed by atoms with Crippen molar-refractivity contribution in [3.8, 4) is 11.3 Å². The van der Waals surface area contributed by atoms with Crippen LogP contribution in [0.2, 0.25) is 0 Å². The average molecular weight is 502 g/mol. The van der Waals surface area contributed by atoms with Gasteiger partial charge in [-0.1, -0.05) is 30.3 Å². The smallest absolute Gasteiger partial charge is 0.332 e. The Morgan fingerprint density at radius 2 is 2.00 bits per heavy atom. The first-order valence-corrected chi connectivity index (χ1v) is 11.7. The molecule has 3 aromatic rings. The maximum atomic E-state index is 12.0. The molecule has 1 N–H and O–H groups in total. The van der Waals surface area contributed by atoms with Crippen LogP contribution in [0.3, 0.4) is 0 Å². The summed E-state index contributed by atoms with van der Waals surface area (Å²) in [6.45, 7) is 5.53. The van der Waals surface area contributed by atoms with Crippen LogP contribution in [0.1, 0.15) is 46.5 Å². The number of ether oxygens (including phenoxy) is 2. The molecule has 0 aliphatic heterocycles. The van der Waals surface area contributed by atoms with E-state index in [1.54, 1.807) is 0 Å². The van der Waals surface area contributed by atoms with Gasteiger partial charge in [0, 0.05) is 11.6 Å². The first kappa shape index (κ1) is 22.7. The standard InChI is InChI=1S/C24H28BrN3O4/c1-24(2,3)32-18(29)13-30-17-11-7-10-16(12-17)28-22-19-20(25)21(15-8-5-4-6-9-15)31-23(19)27-14-26-22/h4-6,8-9,14,16-17H,7,10-13H2,1-3H3,(H,26,27,28)/t16-,17+/m0/s1. The summed E-state index contributed by atoms with van der Waals surface area (Å²) >= 11 is 3.69. The number of rotatable bonds is 6. The highest BCUT2D eigenvalue weighted by atomic mass is 79.9. The first-order chi connectivity index (χ1) is 15.3. The molecule has 8 heteroatoms. The molecule has 7 nitrogen and oxygen atoms in total. The highest BCUT2D eigenvalue weighted by Gasteiger charge is 2.26. The zero-order chi connectivity index (χ0) is 22.7. The topological polar surface area (TPSA) is 86.5 Å². The number of halogens is 1. The van der Waals surface area contributed by atoms with Crippen LogP contribution in [-0.4, -0.2) is 40.3 Å². The van der Waals surface area contributed by atoms with Gasteiger partial charge in [-0.15, -0.1) is 0 Å². The fourth-order valence-corrected chi connectivity index (χ4v) is 4.63. The number of benzene rings is 1. The Bertz CT molecular complexity index is 1080. The van der Waals surface area contributed by atoms with E-state index in [0.29, 0.717) is 5.71 Å². The van der Waals surface area contributed by atoms with E-state index in [4.69, 9.17) is 13.9 Å². The van der Waals surface area contributed by atoms with Crippen LogP contribution in [0, 0.1) is 0 Å². The third-order valence-corrected chi connectivity index (χ3v) is 6.05. The summed E-state index contributed by atoms with van der Waals surface area (Å²) in [7, 11) is 0. The molecule has 0 spiro atoms. The maximum absolute atomic E-state index is 12.0. The van der Waals surface area contributed by atoms with E-state index in [0.717, 1.165) is 52.7 Å². The van der Waals surface area contributed by atoms with Crippen LogP contribution in [0.4, 0.5) is 5.82 Å². The molecule has 1 aromatic carbocycles. The minimum atomic E-state index is -0.508. The van der Waals surface area contributed by atoms with E-state index >= 15 is 0 Å². The highest BCUT2D eigenvalue weighted by molar-refractivity contribution is 9.10.